The summed E-state index contributed by atoms with van der Waals surface area (Å²) in [6.07, 6.45) is 1.64. The van der Waals surface area contributed by atoms with Crippen LogP contribution in [0.15, 0.2) is 66.9 Å². The van der Waals surface area contributed by atoms with Crippen LogP contribution in [-0.4, -0.2) is 37.2 Å². The third-order valence-electron chi connectivity index (χ3n) is 4.78. The molecule has 2 aromatic carbocycles. The number of nitrogens with one attached hydrogen (secondary N) is 1. The van der Waals surface area contributed by atoms with Crippen molar-refractivity contribution in [2.24, 2.45) is 0 Å². The molecule has 0 aliphatic carbocycles. The van der Waals surface area contributed by atoms with Crippen LogP contribution in [0, 0.1) is 5.82 Å². The van der Waals surface area contributed by atoms with Gasteiger partial charge < -0.3 is 19.7 Å². The zero-order chi connectivity index (χ0) is 20.8. The van der Waals surface area contributed by atoms with Gasteiger partial charge in [0.2, 0.25) is 0 Å². The van der Waals surface area contributed by atoms with E-state index in [2.05, 4.69) is 15.2 Å². The second kappa shape index (κ2) is 9.37. The van der Waals surface area contributed by atoms with Gasteiger partial charge in [-0.15, -0.1) is 0 Å². The number of rotatable bonds is 6. The molecule has 1 aromatic heterocycles. The molecule has 0 saturated carbocycles. The Morgan fingerprint density at radius 1 is 1.07 bits per heavy atom. The van der Waals surface area contributed by atoms with E-state index >= 15 is 0 Å². The number of carbonyl (C=O) groups is 1. The number of pyridine rings is 1. The topological polar surface area (TPSA) is 63.7 Å². The summed E-state index contributed by atoms with van der Waals surface area (Å²) in [4.78, 5) is 19.4. The van der Waals surface area contributed by atoms with Crippen LogP contribution in [0.5, 0.6) is 5.75 Å². The van der Waals surface area contributed by atoms with Crippen molar-refractivity contribution in [1.29, 1.82) is 0 Å². The van der Waals surface area contributed by atoms with Crippen LogP contribution in [0.3, 0.4) is 0 Å². The fourth-order valence-corrected chi connectivity index (χ4v) is 3.16. The maximum atomic E-state index is 13.1. The molecule has 1 aliphatic heterocycles. The molecule has 2 heterocycles. The van der Waals surface area contributed by atoms with E-state index in [-0.39, 0.29) is 18.3 Å². The van der Waals surface area contributed by atoms with Gasteiger partial charge in [0, 0.05) is 13.1 Å². The van der Waals surface area contributed by atoms with Crippen molar-refractivity contribution in [2.75, 3.05) is 36.5 Å². The van der Waals surface area contributed by atoms with Gasteiger partial charge in [0.1, 0.15) is 24.0 Å². The minimum Gasteiger partial charge on any atom is -0.488 e. The summed E-state index contributed by atoms with van der Waals surface area (Å²) < 4.78 is 24.2. The highest BCUT2D eigenvalue weighted by Crippen LogP contribution is 2.22. The van der Waals surface area contributed by atoms with Gasteiger partial charge in [-0.3, -0.25) is 4.79 Å². The number of para-hydroxylation sites is 1. The lowest BCUT2D eigenvalue weighted by Gasteiger charge is -2.27. The monoisotopic (exact) mass is 407 g/mol. The molecule has 1 amide bonds. The van der Waals surface area contributed by atoms with E-state index in [4.69, 9.17) is 9.47 Å². The van der Waals surface area contributed by atoms with Crippen LogP contribution in [0.25, 0.3) is 0 Å². The molecule has 0 radical (unpaired) electrons. The first-order valence-corrected chi connectivity index (χ1v) is 9.75. The van der Waals surface area contributed by atoms with E-state index in [0.717, 1.165) is 24.5 Å². The molecule has 4 rings (SSSR count). The lowest BCUT2D eigenvalue weighted by molar-refractivity contribution is 0.102. The lowest BCUT2D eigenvalue weighted by atomic mass is 10.1. The van der Waals surface area contributed by atoms with Crippen LogP contribution < -0.4 is 15.0 Å². The van der Waals surface area contributed by atoms with Crippen LogP contribution in [0.4, 0.5) is 15.9 Å². The number of aromatic nitrogens is 1. The number of amides is 1. The Bertz CT molecular complexity index is 987. The van der Waals surface area contributed by atoms with E-state index in [1.807, 2.05) is 12.1 Å². The standard InChI is InChI=1S/C23H22FN3O3/c24-18-7-5-17(6-8-18)16-30-21-4-2-1-3-20(21)23(28)26-19-9-10-22(25-15-19)27-11-13-29-14-12-27/h1-10,15H,11-14,16H2,(H,26,28). The number of carbonyl (C=O) groups excluding carboxylic acids is 1. The van der Waals surface area contributed by atoms with Crippen molar-refractivity contribution in [3.05, 3.63) is 83.8 Å². The average molecular weight is 407 g/mol. The van der Waals surface area contributed by atoms with Gasteiger partial charge in [-0.2, -0.15) is 0 Å². The fraction of sp³-hybridized carbons (Fsp3) is 0.217. The highest BCUT2D eigenvalue weighted by Gasteiger charge is 2.15. The lowest BCUT2D eigenvalue weighted by Crippen LogP contribution is -2.36. The molecule has 0 spiro atoms. The molecule has 1 aliphatic rings. The smallest absolute Gasteiger partial charge is 0.259 e. The first-order valence-electron chi connectivity index (χ1n) is 9.75. The van der Waals surface area contributed by atoms with E-state index in [9.17, 15) is 9.18 Å². The van der Waals surface area contributed by atoms with E-state index < -0.39 is 0 Å². The number of nitrogens with zero attached hydrogens (tertiary/aromatic N) is 2. The maximum absolute atomic E-state index is 13.1. The van der Waals surface area contributed by atoms with Crippen molar-refractivity contribution in [1.82, 2.24) is 4.98 Å². The summed E-state index contributed by atoms with van der Waals surface area (Å²) in [5, 5.41) is 2.86. The summed E-state index contributed by atoms with van der Waals surface area (Å²) in [7, 11) is 0. The molecule has 7 heteroatoms. The molecular weight excluding hydrogens is 385 g/mol. The van der Waals surface area contributed by atoms with Crippen molar-refractivity contribution in [3.8, 4) is 5.75 Å². The first kappa shape index (κ1) is 19.8. The Labute approximate surface area is 174 Å². The highest BCUT2D eigenvalue weighted by atomic mass is 19.1. The summed E-state index contributed by atoms with van der Waals surface area (Å²) in [6.45, 7) is 3.22. The maximum Gasteiger partial charge on any atom is 0.259 e. The Hall–Kier alpha value is -3.45. The summed E-state index contributed by atoms with van der Waals surface area (Å²) in [5.74, 6) is 0.731. The van der Waals surface area contributed by atoms with Crippen LogP contribution >= 0.6 is 0 Å². The number of benzene rings is 2. The zero-order valence-corrected chi connectivity index (χ0v) is 16.4. The number of halogens is 1. The molecule has 1 N–H and O–H groups in total. The minimum atomic E-state index is -0.299. The van der Waals surface area contributed by atoms with Gasteiger partial charge >= 0.3 is 0 Å². The molecule has 0 bridgehead atoms. The Morgan fingerprint density at radius 3 is 2.57 bits per heavy atom. The van der Waals surface area contributed by atoms with E-state index in [1.165, 1.54) is 12.1 Å². The fourth-order valence-electron chi connectivity index (χ4n) is 3.16. The summed E-state index contributed by atoms with van der Waals surface area (Å²) >= 11 is 0. The molecule has 30 heavy (non-hydrogen) atoms. The molecule has 1 fully saturated rings. The van der Waals surface area contributed by atoms with E-state index in [0.29, 0.717) is 30.2 Å². The SMILES string of the molecule is O=C(Nc1ccc(N2CCOCC2)nc1)c1ccccc1OCc1ccc(F)cc1. The molecule has 1 saturated heterocycles. The Kier molecular flexibility index (Phi) is 6.20. The Balaban J connectivity index is 1.41. The molecule has 3 aromatic rings. The predicted molar refractivity (Wildman–Crippen MR) is 112 cm³/mol. The highest BCUT2D eigenvalue weighted by molar-refractivity contribution is 6.06. The molecule has 0 unspecified atom stereocenters. The molecule has 0 atom stereocenters. The molecule has 6 nitrogen and oxygen atoms in total. The normalized spacial score (nSPS) is 13.7. The largest absolute Gasteiger partial charge is 0.488 e. The third-order valence-corrected chi connectivity index (χ3v) is 4.78. The average Bonchev–Trinajstić information content (AvgIpc) is 2.80. The van der Waals surface area contributed by atoms with Gasteiger partial charge in [0.25, 0.3) is 5.91 Å². The Morgan fingerprint density at radius 2 is 1.83 bits per heavy atom. The minimum absolute atomic E-state index is 0.236. The second-order valence-electron chi connectivity index (χ2n) is 6.87. The van der Waals surface area contributed by atoms with Crippen molar-refractivity contribution in [2.45, 2.75) is 6.61 Å². The zero-order valence-electron chi connectivity index (χ0n) is 16.4. The van der Waals surface area contributed by atoms with Gasteiger partial charge in [-0.05, 0) is 42.0 Å². The van der Waals surface area contributed by atoms with Crippen LogP contribution in [-0.2, 0) is 11.3 Å². The van der Waals surface area contributed by atoms with Crippen molar-refractivity contribution in [3.63, 3.8) is 0 Å². The van der Waals surface area contributed by atoms with Gasteiger partial charge in [0.05, 0.1) is 30.7 Å². The van der Waals surface area contributed by atoms with Gasteiger partial charge in [-0.25, -0.2) is 9.37 Å². The van der Waals surface area contributed by atoms with Gasteiger partial charge in [0.15, 0.2) is 0 Å². The van der Waals surface area contributed by atoms with Gasteiger partial charge in [-0.1, -0.05) is 24.3 Å². The van der Waals surface area contributed by atoms with Crippen LogP contribution in [0.1, 0.15) is 15.9 Å². The number of ether oxygens (including phenoxy) is 2. The predicted octanol–water partition coefficient (Wildman–Crippen LogP) is 3.89. The summed E-state index contributed by atoms with van der Waals surface area (Å²) in [6, 6.07) is 16.8. The quantitative estimate of drug-likeness (QED) is 0.672. The second-order valence-corrected chi connectivity index (χ2v) is 6.87. The number of morpholine rings is 1. The first-order chi connectivity index (χ1) is 14.7. The number of hydrogen-bond acceptors (Lipinski definition) is 5. The molecular formula is C23H22FN3O3. The van der Waals surface area contributed by atoms with Crippen molar-refractivity contribution >= 4 is 17.4 Å². The van der Waals surface area contributed by atoms with E-state index in [1.54, 1.807) is 42.6 Å². The number of anilines is 2. The molecule has 154 valence electrons. The number of hydrogen-bond donors (Lipinski definition) is 1. The third kappa shape index (κ3) is 4.93. The van der Waals surface area contributed by atoms with Crippen molar-refractivity contribution < 1.29 is 18.7 Å². The summed E-state index contributed by atoms with van der Waals surface area (Å²) in [5.41, 5.74) is 1.83. The van der Waals surface area contributed by atoms with Crippen LogP contribution in [0.2, 0.25) is 0 Å².